The minimum Gasteiger partial charge on any atom is -0.493 e. The first-order valence-electron chi connectivity index (χ1n) is 10.4. The summed E-state index contributed by atoms with van der Waals surface area (Å²) in [5, 5.41) is 10.0. The van der Waals surface area contributed by atoms with Gasteiger partial charge in [-0.05, 0) is 42.9 Å². The predicted octanol–water partition coefficient (Wildman–Crippen LogP) is 3.57. The van der Waals surface area contributed by atoms with Gasteiger partial charge < -0.3 is 25.4 Å². The zero-order valence-corrected chi connectivity index (χ0v) is 19.1. The van der Waals surface area contributed by atoms with Crippen LogP contribution in [0.4, 0.5) is 23.0 Å². The van der Waals surface area contributed by atoms with Gasteiger partial charge in [-0.25, -0.2) is 9.97 Å². The summed E-state index contributed by atoms with van der Waals surface area (Å²) in [5.41, 5.74) is 2.50. The fourth-order valence-electron chi connectivity index (χ4n) is 3.43. The van der Waals surface area contributed by atoms with Crippen LogP contribution in [0.3, 0.4) is 0 Å². The Hall–Kier alpha value is -3.56. The molecule has 1 aliphatic heterocycles. The van der Waals surface area contributed by atoms with E-state index in [2.05, 4.69) is 25.9 Å². The lowest BCUT2D eigenvalue weighted by atomic mass is 10.2. The van der Waals surface area contributed by atoms with E-state index in [1.165, 1.54) is 6.33 Å². The van der Waals surface area contributed by atoms with Crippen molar-refractivity contribution >= 4 is 40.5 Å². The third kappa shape index (κ3) is 6.03. The van der Waals surface area contributed by atoms with Gasteiger partial charge in [-0.2, -0.15) is 0 Å². The van der Waals surface area contributed by atoms with E-state index in [0.717, 1.165) is 16.9 Å². The third-order valence-corrected chi connectivity index (χ3v) is 5.33. The first-order chi connectivity index (χ1) is 16.0. The monoisotopic (exact) mass is 468 g/mol. The molecule has 1 amide bonds. The second kappa shape index (κ2) is 10.4. The van der Waals surface area contributed by atoms with Gasteiger partial charge in [0, 0.05) is 35.1 Å². The number of rotatable bonds is 1. The molecule has 3 N–H and O–H groups in total. The molecule has 1 aliphatic rings. The number of halogens is 1. The maximum Gasteiger partial charge on any atom is 0.234 e. The number of aromatic nitrogens is 2. The molecule has 0 spiro atoms. The van der Waals surface area contributed by atoms with Crippen molar-refractivity contribution < 1.29 is 14.3 Å². The van der Waals surface area contributed by atoms with Crippen LogP contribution in [0.2, 0.25) is 5.02 Å². The molecule has 0 saturated carbocycles. The molecule has 10 heteroatoms. The van der Waals surface area contributed by atoms with Crippen molar-refractivity contribution in [2.75, 3.05) is 44.5 Å². The molecular weight excluding hydrogens is 444 g/mol. The van der Waals surface area contributed by atoms with Gasteiger partial charge in [0.05, 0.1) is 20.2 Å². The van der Waals surface area contributed by atoms with Gasteiger partial charge in [0.2, 0.25) is 5.91 Å². The van der Waals surface area contributed by atoms with Gasteiger partial charge in [0.1, 0.15) is 24.6 Å². The minimum absolute atomic E-state index is 0.0990. The summed E-state index contributed by atoms with van der Waals surface area (Å²) in [7, 11) is 3.45. The maximum absolute atomic E-state index is 12.3. The Morgan fingerprint density at radius 1 is 1.03 bits per heavy atom. The highest BCUT2D eigenvalue weighted by atomic mass is 35.5. The van der Waals surface area contributed by atoms with Crippen molar-refractivity contribution in [2.45, 2.75) is 6.54 Å². The van der Waals surface area contributed by atoms with E-state index < -0.39 is 0 Å². The summed E-state index contributed by atoms with van der Waals surface area (Å²) in [4.78, 5) is 22.8. The number of fused-ring (bicyclic) bond motifs is 6. The van der Waals surface area contributed by atoms with E-state index in [9.17, 15) is 4.79 Å². The first kappa shape index (κ1) is 22.6. The van der Waals surface area contributed by atoms with Crippen LogP contribution in [0.15, 0.2) is 48.8 Å². The van der Waals surface area contributed by atoms with E-state index in [1.54, 1.807) is 7.11 Å². The molecule has 4 rings (SSSR count). The summed E-state index contributed by atoms with van der Waals surface area (Å²) >= 11 is 6.40. The second-order valence-corrected chi connectivity index (χ2v) is 7.99. The number of carbonyl (C=O) groups is 1. The largest absolute Gasteiger partial charge is 0.493 e. The van der Waals surface area contributed by atoms with E-state index in [0.29, 0.717) is 47.9 Å². The molecule has 1 aromatic heterocycles. The lowest BCUT2D eigenvalue weighted by Crippen LogP contribution is -2.36. The smallest absolute Gasteiger partial charge is 0.234 e. The molecule has 0 atom stereocenters. The van der Waals surface area contributed by atoms with E-state index in [1.807, 2.05) is 54.4 Å². The first-order valence-corrected chi connectivity index (χ1v) is 10.8. The van der Waals surface area contributed by atoms with Crippen LogP contribution >= 0.6 is 11.6 Å². The molecule has 3 aromatic rings. The number of anilines is 4. The average Bonchev–Trinajstić information content (AvgIpc) is 2.79. The number of amides is 1. The number of hydrogen-bond acceptors (Lipinski definition) is 8. The van der Waals surface area contributed by atoms with Crippen LogP contribution in [-0.4, -0.2) is 54.6 Å². The second-order valence-electron chi connectivity index (χ2n) is 7.58. The number of likely N-dealkylation sites (N-methyl/N-ethyl adjacent to an activating group) is 1. The topological polar surface area (TPSA) is 101 Å². The van der Waals surface area contributed by atoms with Crippen molar-refractivity contribution in [1.82, 2.24) is 20.2 Å². The molecule has 0 aliphatic carbocycles. The summed E-state index contributed by atoms with van der Waals surface area (Å²) in [6, 6.07) is 13.0. The van der Waals surface area contributed by atoms with Gasteiger partial charge in [-0.3, -0.25) is 9.69 Å². The number of nitrogens with zero attached hydrogens (tertiary/aromatic N) is 3. The molecule has 0 radical (unpaired) electrons. The van der Waals surface area contributed by atoms with Crippen LogP contribution in [0.5, 0.6) is 11.5 Å². The van der Waals surface area contributed by atoms with Crippen molar-refractivity contribution in [1.29, 1.82) is 0 Å². The molecule has 0 unspecified atom stereocenters. The molecular formula is C23H25ClN6O3. The predicted molar refractivity (Wildman–Crippen MR) is 128 cm³/mol. The molecule has 172 valence electrons. The lowest BCUT2D eigenvalue weighted by Gasteiger charge is -2.18. The lowest BCUT2D eigenvalue weighted by molar-refractivity contribution is -0.122. The number of nitrogens with one attached hydrogen (secondary N) is 3. The molecule has 0 saturated heterocycles. The Morgan fingerprint density at radius 2 is 1.76 bits per heavy atom. The Balaban J connectivity index is 1.65. The van der Waals surface area contributed by atoms with Gasteiger partial charge in [0.15, 0.2) is 11.5 Å². The van der Waals surface area contributed by atoms with Crippen LogP contribution in [0, 0.1) is 0 Å². The van der Waals surface area contributed by atoms with Crippen LogP contribution in [0.25, 0.3) is 0 Å². The standard InChI is InChI=1S/C23H25ClN6O3/c1-30-12-15-9-16(3-5-18(15)24)28-21-11-22(27-14-26-21)29-17-4-6-19(32-2)20(10-17)33-8-7-25-23(31)13-30/h3-6,9-11,14H,7-8,12-13H2,1-2H3,(H,25,31)(H2,26,27,28,29). The van der Waals surface area contributed by atoms with Gasteiger partial charge in [-0.1, -0.05) is 11.6 Å². The highest BCUT2D eigenvalue weighted by molar-refractivity contribution is 6.31. The van der Waals surface area contributed by atoms with Crippen molar-refractivity contribution in [3.8, 4) is 11.5 Å². The normalized spacial score (nSPS) is 14.9. The number of hydrogen-bond donors (Lipinski definition) is 3. The maximum atomic E-state index is 12.3. The van der Waals surface area contributed by atoms with E-state index >= 15 is 0 Å². The fraction of sp³-hybridized carbons (Fsp3) is 0.261. The number of carbonyl (C=O) groups excluding carboxylic acids is 1. The average molecular weight is 469 g/mol. The van der Waals surface area contributed by atoms with Crippen LogP contribution in [0.1, 0.15) is 5.56 Å². The highest BCUT2D eigenvalue weighted by Crippen LogP contribution is 2.31. The molecule has 33 heavy (non-hydrogen) atoms. The van der Waals surface area contributed by atoms with Crippen molar-refractivity contribution in [3.05, 3.63) is 59.4 Å². The summed E-state index contributed by atoms with van der Waals surface area (Å²) in [6.07, 6.45) is 1.48. The Labute approximate surface area is 197 Å². The molecule has 2 aromatic carbocycles. The number of methoxy groups -OCH3 is 1. The van der Waals surface area contributed by atoms with Crippen LogP contribution < -0.4 is 25.4 Å². The Morgan fingerprint density at radius 3 is 2.52 bits per heavy atom. The van der Waals surface area contributed by atoms with Gasteiger partial charge in [0.25, 0.3) is 0 Å². The fourth-order valence-corrected chi connectivity index (χ4v) is 3.61. The molecule has 0 fully saturated rings. The minimum atomic E-state index is -0.0990. The van der Waals surface area contributed by atoms with Gasteiger partial charge in [-0.15, -0.1) is 0 Å². The summed E-state index contributed by atoms with van der Waals surface area (Å²) < 4.78 is 11.2. The summed E-state index contributed by atoms with van der Waals surface area (Å²) in [5.74, 6) is 2.29. The quantitative estimate of drug-likeness (QED) is 0.498. The van der Waals surface area contributed by atoms with Crippen molar-refractivity contribution in [2.24, 2.45) is 0 Å². The van der Waals surface area contributed by atoms with E-state index in [4.69, 9.17) is 21.1 Å². The van der Waals surface area contributed by atoms with Crippen molar-refractivity contribution in [3.63, 3.8) is 0 Å². The summed E-state index contributed by atoms with van der Waals surface area (Å²) in [6.45, 7) is 1.40. The molecule has 6 bridgehead atoms. The van der Waals surface area contributed by atoms with Crippen LogP contribution in [-0.2, 0) is 11.3 Å². The SMILES string of the molecule is COc1ccc2cc1OCCNC(=O)CN(C)Cc1cc(ccc1Cl)Nc1cc(ncn1)N2. The molecule has 9 nitrogen and oxygen atoms in total. The Bertz CT molecular complexity index is 1140. The van der Waals surface area contributed by atoms with Gasteiger partial charge >= 0.3 is 0 Å². The Kier molecular flexibility index (Phi) is 7.11. The number of benzene rings is 2. The zero-order valence-electron chi connectivity index (χ0n) is 18.4. The molecule has 2 heterocycles. The third-order valence-electron chi connectivity index (χ3n) is 4.96. The number of ether oxygens (including phenoxy) is 2. The van der Waals surface area contributed by atoms with E-state index in [-0.39, 0.29) is 12.5 Å². The zero-order chi connectivity index (χ0) is 23.2. The highest BCUT2D eigenvalue weighted by Gasteiger charge is 2.12.